The molecule has 0 unspecified atom stereocenters. The number of pyridine rings is 1. The maximum absolute atomic E-state index is 12.7. The smallest absolute Gasteiger partial charge is 0.270 e. The normalized spacial score (nSPS) is 27.9. The summed E-state index contributed by atoms with van der Waals surface area (Å²) in [6, 6.07) is 3.62. The molecule has 2 bridgehead atoms. The highest BCUT2D eigenvalue weighted by atomic mass is 16.5. The van der Waals surface area contributed by atoms with E-state index in [1.54, 1.807) is 23.2 Å². The zero-order valence-corrected chi connectivity index (χ0v) is 15.0. The lowest BCUT2D eigenvalue weighted by atomic mass is 9.84. The first-order valence-corrected chi connectivity index (χ1v) is 9.48. The highest BCUT2D eigenvalue weighted by Crippen LogP contribution is 2.29. The Hall–Kier alpha value is -2.45. The van der Waals surface area contributed by atoms with E-state index in [1.807, 2.05) is 0 Å². The fraction of sp³-hybridized carbons (Fsp3) is 0.526. The summed E-state index contributed by atoms with van der Waals surface area (Å²) in [5.41, 5.74) is 0.895. The third kappa shape index (κ3) is 3.08. The summed E-state index contributed by atoms with van der Waals surface area (Å²) < 4.78 is 11.0. The molecule has 0 spiro atoms. The molecule has 1 N–H and O–H groups in total. The van der Waals surface area contributed by atoms with Gasteiger partial charge in [-0.3, -0.25) is 19.5 Å². The summed E-state index contributed by atoms with van der Waals surface area (Å²) in [5.74, 6) is 0.727. The summed E-state index contributed by atoms with van der Waals surface area (Å²) in [6.45, 7) is 4.19. The average Bonchev–Trinajstić information content (AvgIpc) is 3.12. The molecule has 2 amide bonds. The van der Waals surface area contributed by atoms with Crippen molar-refractivity contribution in [1.29, 1.82) is 0 Å². The molecule has 4 fully saturated rings. The van der Waals surface area contributed by atoms with E-state index in [9.17, 15) is 9.59 Å². The van der Waals surface area contributed by atoms with Crippen LogP contribution in [-0.4, -0.2) is 67.1 Å². The van der Waals surface area contributed by atoms with Gasteiger partial charge in [-0.2, -0.15) is 0 Å². The van der Waals surface area contributed by atoms with Crippen molar-refractivity contribution in [1.82, 2.24) is 15.2 Å². The van der Waals surface area contributed by atoms with Crippen LogP contribution in [-0.2, 0) is 9.53 Å². The number of rotatable bonds is 3. The van der Waals surface area contributed by atoms with Crippen LogP contribution in [0.25, 0.3) is 11.0 Å². The van der Waals surface area contributed by atoms with Gasteiger partial charge in [0.15, 0.2) is 0 Å². The molecular weight excluding hydrogens is 348 g/mol. The molecule has 0 saturated carbocycles. The predicted octanol–water partition coefficient (Wildman–Crippen LogP) is 1.01. The maximum Gasteiger partial charge on any atom is 0.270 e. The van der Waals surface area contributed by atoms with Crippen molar-refractivity contribution in [2.75, 3.05) is 44.3 Å². The van der Waals surface area contributed by atoms with Crippen LogP contribution in [0.1, 0.15) is 23.3 Å². The van der Waals surface area contributed by atoms with Crippen molar-refractivity contribution < 1.29 is 18.7 Å². The van der Waals surface area contributed by atoms with Crippen molar-refractivity contribution in [2.45, 2.75) is 18.9 Å². The number of amides is 2. The highest BCUT2D eigenvalue weighted by Gasteiger charge is 2.35. The van der Waals surface area contributed by atoms with Crippen molar-refractivity contribution in [3.63, 3.8) is 0 Å². The second-order valence-electron chi connectivity index (χ2n) is 7.51. The van der Waals surface area contributed by atoms with Crippen LogP contribution in [0.15, 0.2) is 22.7 Å². The van der Waals surface area contributed by atoms with Crippen molar-refractivity contribution in [2.24, 2.45) is 5.92 Å². The first kappa shape index (κ1) is 16.7. The number of piperidine rings is 3. The van der Waals surface area contributed by atoms with Gasteiger partial charge in [0.1, 0.15) is 17.9 Å². The lowest BCUT2D eigenvalue weighted by Gasteiger charge is -2.44. The van der Waals surface area contributed by atoms with E-state index in [2.05, 4.69) is 15.2 Å². The largest absolute Gasteiger partial charge is 0.440 e. The molecule has 6 rings (SSSR count). The molecule has 8 heteroatoms. The topological polar surface area (TPSA) is 87.9 Å². The fourth-order valence-electron chi connectivity index (χ4n) is 4.30. The Morgan fingerprint density at radius 2 is 2.07 bits per heavy atom. The maximum atomic E-state index is 12.7. The van der Waals surface area contributed by atoms with Gasteiger partial charge in [0.05, 0.1) is 13.2 Å². The highest BCUT2D eigenvalue weighted by molar-refractivity contribution is 5.98. The number of morpholine rings is 1. The number of anilines is 1. The standard InChI is InChI=1S/C19H22N4O4/c24-17-11-26-6-5-23(17)18-7-13-9-20-14(8-16(13)27-18)19(25)21-15-10-22-3-1-12(15)2-4-22/h7-9,12,15H,1-6,10-11H2,(H,21,25)/t15-/m0/s1. The number of aromatic nitrogens is 1. The van der Waals surface area contributed by atoms with Gasteiger partial charge >= 0.3 is 0 Å². The number of furan rings is 1. The van der Waals surface area contributed by atoms with Crippen LogP contribution >= 0.6 is 0 Å². The van der Waals surface area contributed by atoms with E-state index in [1.165, 1.54) is 0 Å². The molecule has 0 aromatic carbocycles. The molecule has 0 radical (unpaired) electrons. The van der Waals surface area contributed by atoms with Gasteiger partial charge in [-0.25, -0.2) is 0 Å². The van der Waals surface area contributed by atoms with E-state index in [-0.39, 0.29) is 24.5 Å². The SMILES string of the molecule is O=C(N[C@H]1CN2CCC1CC2)c1cc2oc(N3CCOCC3=O)cc2cn1. The Labute approximate surface area is 156 Å². The van der Waals surface area contributed by atoms with E-state index in [4.69, 9.17) is 9.15 Å². The zero-order chi connectivity index (χ0) is 18.4. The Balaban J connectivity index is 1.34. The summed E-state index contributed by atoms with van der Waals surface area (Å²) >= 11 is 0. The average molecular weight is 370 g/mol. The van der Waals surface area contributed by atoms with Gasteiger partial charge in [0.25, 0.3) is 11.8 Å². The van der Waals surface area contributed by atoms with Gasteiger partial charge in [-0.1, -0.05) is 0 Å². The number of hydrogen-bond acceptors (Lipinski definition) is 6. The van der Waals surface area contributed by atoms with Crippen molar-refractivity contribution >= 4 is 28.7 Å². The molecule has 1 atom stereocenters. The summed E-state index contributed by atoms with van der Waals surface area (Å²) in [6.07, 6.45) is 3.91. The molecule has 4 saturated heterocycles. The molecule has 142 valence electrons. The minimum atomic E-state index is -0.170. The zero-order valence-electron chi connectivity index (χ0n) is 15.0. The quantitative estimate of drug-likeness (QED) is 0.868. The minimum Gasteiger partial charge on any atom is -0.440 e. The lowest BCUT2D eigenvalue weighted by molar-refractivity contribution is -0.125. The van der Waals surface area contributed by atoms with Crippen LogP contribution in [0.2, 0.25) is 0 Å². The van der Waals surface area contributed by atoms with Crippen LogP contribution in [0.4, 0.5) is 5.88 Å². The lowest BCUT2D eigenvalue weighted by Crippen LogP contribution is -2.57. The molecule has 2 aromatic rings. The number of ether oxygens (including phenoxy) is 1. The number of carbonyl (C=O) groups excluding carboxylic acids is 2. The van der Waals surface area contributed by atoms with Crippen LogP contribution < -0.4 is 10.2 Å². The number of nitrogens with zero attached hydrogens (tertiary/aromatic N) is 3. The Morgan fingerprint density at radius 1 is 1.22 bits per heavy atom. The molecule has 0 aliphatic carbocycles. The number of fused-ring (bicyclic) bond motifs is 4. The van der Waals surface area contributed by atoms with E-state index in [0.717, 1.165) is 37.9 Å². The second kappa shape index (κ2) is 6.61. The number of hydrogen-bond donors (Lipinski definition) is 1. The van der Waals surface area contributed by atoms with Gasteiger partial charge in [-0.15, -0.1) is 0 Å². The molecule has 4 aliphatic rings. The Kier molecular flexibility index (Phi) is 4.09. The van der Waals surface area contributed by atoms with Crippen LogP contribution in [0, 0.1) is 5.92 Å². The van der Waals surface area contributed by atoms with Gasteiger partial charge in [0, 0.05) is 36.3 Å². The molecule has 2 aromatic heterocycles. The van der Waals surface area contributed by atoms with E-state index in [0.29, 0.717) is 36.2 Å². The van der Waals surface area contributed by atoms with Gasteiger partial charge in [0.2, 0.25) is 5.88 Å². The molecular formula is C19H22N4O4. The van der Waals surface area contributed by atoms with Crippen LogP contribution in [0.3, 0.4) is 0 Å². The van der Waals surface area contributed by atoms with E-state index >= 15 is 0 Å². The minimum absolute atomic E-state index is 0.0581. The van der Waals surface area contributed by atoms with Crippen molar-refractivity contribution in [3.8, 4) is 0 Å². The van der Waals surface area contributed by atoms with E-state index < -0.39 is 0 Å². The summed E-state index contributed by atoms with van der Waals surface area (Å²) in [4.78, 5) is 32.9. The molecule has 8 nitrogen and oxygen atoms in total. The third-order valence-electron chi connectivity index (χ3n) is 5.85. The first-order valence-electron chi connectivity index (χ1n) is 9.48. The molecule has 4 aliphatic heterocycles. The number of carbonyl (C=O) groups is 2. The predicted molar refractivity (Wildman–Crippen MR) is 97.6 cm³/mol. The summed E-state index contributed by atoms with van der Waals surface area (Å²) in [5, 5.41) is 3.91. The summed E-state index contributed by atoms with van der Waals surface area (Å²) in [7, 11) is 0. The monoisotopic (exact) mass is 370 g/mol. The fourth-order valence-corrected chi connectivity index (χ4v) is 4.30. The van der Waals surface area contributed by atoms with Gasteiger partial charge in [-0.05, 0) is 31.8 Å². The van der Waals surface area contributed by atoms with Crippen molar-refractivity contribution in [3.05, 3.63) is 24.0 Å². The van der Waals surface area contributed by atoms with Gasteiger partial charge < -0.3 is 19.4 Å². The molecule has 27 heavy (non-hydrogen) atoms. The first-order chi connectivity index (χ1) is 13.2. The molecule has 6 heterocycles. The van der Waals surface area contributed by atoms with Crippen LogP contribution in [0.5, 0.6) is 0 Å². The third-order valence-corrected chi connectivity index (χ3v) is 5.85. The number of nitrogens with one attached hydrogen (secondary N) is 1. The Bertz CT molecular complexity index is 887. The Morgan fingerprint density at radius 3 is 2.81 bits per heavy atom. The second-order valence-corrected chi connectivity index (χ2v) is 7.51.